The van der Waals surface area contributed by atoms with Crippen molar-refractivity contribution in [2.24, 2.45) is 0 Å². The van der Waals surface area contributed by atoms with Crippen LogP contribution >= 0.6 is 0 Å². The molecule has 1 aromatic carbocycles. The van der Waals surface area contributed by atoms with Crippen LogP contribution in [0.25, 0.3) is 5.65 Å². The van der Waals surface area contributed by atoms with Gasteiger partial charge in [-0.05, 0) is 56.4 Å². The molecule has 0 spiro atoms. The van der Waals surface area contributed by atoms with E-state index in [1.165, 1.54) is 0 Å². The topological polar surface area (TPSA) is 68.1 Å². The molecule has 0 aliphatic rings. The summed E-state index contributed by atoms with van der Waals surface area (Å²) in [6, 6.07) is 9.81. The summed E-state index contributed by atoms with van der Waals surface area (Å²) in [5.74, 6) is 1.16. The minimum atomic E-state index is -0.203. The molecule has 2 heterocycles. The lowest BCUT2D eigenvalue weighted by molar-refractivity contribution is -0.121. The first-order valence-electron chi connectivity index (χ1n) is 9.99. The van der Waals surface area contributed by atoms with E-state index in [0.29, 0.717) is 24.5 Å². The van der Waals surface area contributed by atoms with E-state index in [1.54, 1.807) is 14.2 Å². The molecule has 160 valence electrons. The molecular weight excluding hydrogens is 380 g/mol. The van der Waals surface area contributed by atoms with Gasteiger partial charge in [0.15, 0.2) is 0 Å². The number of nitrogens with zero attached hydrogens (tertiary/aromatic N) is 3. The first-order chi connectivity index (χ1) is 14.4. The number of amides is 1. The number of methoxy groups -OCH3 is 2. The second kappa shape index (κ2) is 9.63. The van der Waals surface area contributed by atoms with E-state index in [0.717, 1.165) is 29.0 Å². The van der Waals surface area contributed by atoms with Crippen LogP contribution in [-0.2, 0) is 4.79 Å². The molecule has 3 aromatic rings. The summed E-state index contributed by atoms with van der Waals surface area (Å²) in [6.45, 7) is 3.43. The van der Waals surface area contributed by atoms with Crippen LogP contribution in [0.5, 0.6) is 11.5 Å². The fourth-order valence-corrected chi connectivity index (χ4v) is 3.46. The van der Waals surface area contributed by atoms with Crippen molar-refractivity contribution in [3.8, 4) is 11.5 Å². The highest BCUT2D eigenvalue weighted by Gasteiger charge is 2.23. The van der Waals surface area contributed by atoms with Crippen molar-refractivity contribution >= 4 is 11.6 Å². The molecule has 1 N–H and O–H groups in total. The molecule has 0 saturated carbocycles. The molecule has 0 bridgehead atoms. The number of nitrogens with one attached hydrogen (secondary N) is 1. The van der Waals surface area contributed by atoms with Gasteiger partial charge in [0, 0.05) is 43.9 Å². The van der Waals surface area contributed by atoms with Crippen LogP contribution in [0.1, 0.15) is 29.2 Å². The largest absolute Gasteiger partial charge is 0.497 e. The number of carbonyl (C=O) groups excluding carboxylic acids is 1. The summed E-state index contributed by atoms with van der Waals surface area (Å²) in [4.78, 5) is 19.4. The molecule has 1 unspecified atom stereocenters. The summed E-state index contributed by atoms with van der Waals surface area (Å²) in [7, 11) is 7.22. The van der Waals surface area contributed by atoms with Crippen molar-refractivity contribution in [2.45, 2.75) is 19.3 Å². The van der Waals surface area contributed by atoms with Crippen LogP contribution in [0.3, 0.4) is 0 Å². The second-order valence-corrected chi connectivity index (χ2v) is 7.67. The van der Waals surface area contributed by atoms with Crippen LogP contribution in [-0.4, -0.2) is 61.6 Å². The number of ether oxygens (including phenoxy) is 2. The number of hydrogen-bond acceptors (Lipinski definition) is 5. The van der Waals surface area contributed by atoms with Gasteiger partial charge in [-0.15, -0.1) is 0 Å². The normalized spacial score (nSPS) is 12.2. The van der Waals surface area contributed by atoms with Gasteiger partial charge in [-0.3, -0.25) is 4.79 Å². The first kappa shape index (κ1) is 21.6. The van der Waals surface area contributed by atoms with Gasteiger partial charge in [-0.25, -0.2) is 4.98 Å². The smallest absolute Gasteiger partial charge is 0.221 e. The fourth-order valence-electron chi connectivity index (χ4n) is 3.46. The van der Waals surface area contributed by atoms with Crippen LogP contribution < -0.4 is 14.8 Å². The molecule has 1 atom stereocenters. The number of aryl methyl sites for hydroxylation is 1. The summed E-state index contributed by atoms with van der Waals surface area (Å²) in [5, 5.41) is 3.02. The number of pyridine rings is 1. The molecule has 30 heavy (non-hydrogen) atoms. The number of fused-ring (bicyclic) bond motifs is 1. The third-order valence-corrected chi connectivity index (χ3v) is 5.10. The Kier molecular flexibility index (Phi) is 6.95. The minimum Gasteiger partial charge on any atom is -0.497 e. The summed E-state index contributed by atoms with van der Waals surface area (Å²) in [5.41, 5.74) is 3.89. The van der Waals surface area contributed by atoms with Crippen LogP contribution in [0.2, 0.25) is 0 Å². The van der Waals surface area contributed by atoms with Crippen LogP contribution in [0.4, 0.5) is 0 Å². The maximum absolute atomic E-state index is 12.8. The molecule has 0 radical (unpaired) electrons. The van der Waals surface area contributed by atoms with Gasteiger partial charge in [0.25, 0.3) is 0 Å². The highest BCUT2D eigenvalue weighted by Crippen LogP contribution is 2.34. The minimum absolute atomic E-state index is 0.00861. The van der Waals surface area contributed by atoms with E-state index < -0.39 is 0 Å². The van der Waals surface area contributed by atoms with E-state index >= 15 is 0 Å². The van der Waals surface area contributed by atoms with Crippen LogP contribution in [0.15, 0.2) is 42.7 Å². The Bertz CT molecular complexity index is 991. The number of imidazole rings is 1. The number of likely N-dealkylation sites (N-methyl/N-ethyl adjacent to an activating group) is 1. The lowest BCUT2D eigenvalue weighted by atomic mass is 9.91. The predicted octanol–water partition coefficient (Wildman–Crippen LogP) is 2.86. The highest BCUT2D eigenvalue weighted by molar-refractivity contribution is 5.77. The van der Waals surface area contributed by atoms with E-state index in [9.17, 15) is 4.79 Å². The molecule has 7 nitrogen and oxygen atoms in total. The summed E-state index contributed by atoms with van der Waals surface area (Å²) < 4.78 is 13.0. The SMILES string of the molecule is COc1cc(OC)cc(C(CC(=O)NCCN(C)C)c2cnc3cc(C)ccn23)c1. The number of benzene rings is 1. The molecule has 2 aromatic heterocycles. The zero-order valence-electron chi connectivity index (χ0n) is 18.3. The van der Waals surface area contributed by atoms with Gasteiger partial charge in [-0.1, -0.05) is 0 Å². The number of aromatic nitrogens is 2. The molecule has 1 amide bonds. The lowest BCUT2D eigenvalue weighted by Crippen LogP contribution is -2.32. The first-order valence-corrected chi connectivity index (χ1v) is 9.99. The Morgan fingerprint density at radius 1 is 1.17 bits per heavy atom. The van der Waals surface area contributed by atoms with Crippen molar-refractivity contribution in [3.63, 3.8) is 0 Å². The molecule has 3 rings (SSSR count). The van der Waals surface area contributed by atoms with E-state index in [4.69, 9.17) is 9.47 Å². The monoisotopic (exact) mass is 410 g/mol. The van der Waals surface area contributed by atoms with Crippen molar-refractivity contribution in [3.05, 3.63) is 59.5 Å². The van der Waals surface area contributed by atoms with Gasteiger partial charge < -0.3 is 24.1 Å². The third kappa shape index (κ3) is 5.10. The zero-order chi connectivity index (χ0) is 21.7. The Morgan fingerprint density at radius 3 is 2.50 bits per heavy atom. The van der Waals surface area contributed by atoms with Crippen molar-refractivity contribution in [1.29, 1.82) is 0 Å². The molecular formula is C23H30N4O3. The molecule has 0 saturated heterocycles. The predicted molar refractivity (Wildman–Crippen MR) is 117 cm³/mol. The van der Waals surface area contributed by atoms with Gasteiger partial charge in [0.2, 0.25) is 5.91 Å². The van der Waals surface area contributed by atoms with Gasteiger partial charge in [0.05, 0.1) is 19.9 Å². The maximum atomic E-state index is 12.8. The van der Waals surface area contributed by atoms with E-state index in [2.05, 4.69) is 10.3 Å². The van der Waals surface area contributed by atoms with Gasteiger partial charge >= 0.3 is 0 Å². The fraction of sp³-hybridized carbons (Fsp3) is 0.391. The molecule has 0 aliphatic carbocycles. The van der Waals surface area contributed by atoms with E-state index in [-0.39, 0.29) is 11.8 Å². The van der Waals surface area contributed by atoms with Crippen molar-refractivity contribution < 1.29 is 14.3 Å². The third-order valence-electron chi connectivity index (χ3n) is 5.10. The Balaban J connectivity index is 1.99. The highest BCUT2D eigenvalue weighted by atomic mass is 16.5. The quantitative estimate of drug-likeness (QED) is 0.588. The zero-order valence-corrected chi connectivity index (χ0v) is 18.3. The van der Waals surface area contributed by atoms with E-state index in [1.807, 2.05) is 73.0 Å². The van der Waals surface area contributed by atoms with Gasteiger partial charge in [0.1, 0.15) is 17.1 Å². The Morgan fingerprint density at radius 2 is 1.87 bits per heavy atom. The summed E-state index contributed by atoms with van der Waals surface area (Å²) in [6.07, 6.45) is 4.14. The lowest BCUT2D eigenvalue weighted by Gasteiger charge is -2.19. The molecule has 0 aliphatic heterocycles. The van der Waals surface area contributed by atoms with Crippen molar-refractivity contribution in [1.82, 2.24) is 19.6 Å². The number of rotatable bonds is 9. The van der Waals surface area contributed by atoms with Gasteiger partial charge in [-0.2, -0.15) is 0 Å². The Labute approximate surface area is 177 Å². The number of carbonyl (C=O) groups is 1. The standard InChI is InChI=1S/C23H30N4O3/c1-16-6-8-27-21(15-25-22(27)10-16)20(14-23(28)24-7-9-26(2)3)17-11-18(29-4)13-19(12-17)30-5/h6,8,10-13,15,20H,7,9,14H2,1-5H3,(H,24,28). The average molecular weight is 411 g/mol. The number of hydrogen-bond donors (Lipinski definition) is 1. The second-order valence-electron chi connectivity index (χ2n) is 7.67. The van der Waals surface area contributed by atoms with Crippen molar-refractivity contribution in [2.75, 3.05) is 41.4 Å². The molecule has 0 fully saturated rings. The molecule has 7 heteroatoms. The van der Waals surface area contributed by atoms with Crippen LogP contribution in [0, 0.1) is 6.92 Å². The maximum Gasteiger partial charge on any atom is 0.221 e. The summed E-state index contributed by atoms with van der Waals surface area (Å²) >= 11 is 0. The Hall–Kier alpha value is -3.06. The average Bonchev–Trinajstić information content (AvgIpc) is 3.13.